The van der Waals surface area contributed by atoms with Gasteiger partial charge in [-0.25, -0.2) is 0 Å². The molecule has 1 N–H and O–H groups in total. The highest BCUT2D eigenvalue weighted by atomic mass is 16.5. The van der Waals surface area contributed by atoms with Crippen LogP contribution >= 0.6 is 0 Å². The van der Waals surface area contributed by atoms with Gasteiger partial charge in [-0.3, -0.25) is 9.59 Å². The topological polar surface area (TPSA) is 82.1 Å². The van der Waals surface area contributed by atoms with Crippen molar-refractivity contribution in [3.05, 3.63) is 59.8 Å². The summed E-state index contributed by atoms with van der Waals surface area (Å²) in [5.41, 5.74) is 0.872. The van der Waals surface area contributed by atoms with Crippen LogP contribution in [0.4, 0.5) is 0 Å². The van der Waals surface area contributed by atoms with Crippen LogP contribution in [0.5, 0.6) is 0 Å². The maximum atomic E-state index is 12.0. The van der Waals surface area contributed by atoms with E-state index in [1.54, 1.807) is 0 Å². The molecule has 6 nitrogen and oxygen atoms in total. The molecule has 2 rings (SSSR count). The highest BCUT2D eigenvalue weighted by Gasteiger charge is 2.27. The zero-order valence-electron chi connectivity index (χ0n) is 12.0. The molecule has 0 saturated carbocycles. The number of aliphatic hydroxyl groups is 1. The summed E-state index contributed by atoms with van der Waals surface area (Å²) >= 11 is 0. The van der Waals surface area contributed by atoms with Gasteiger partial charge in [0.25, 0.3) is 0 Å². The standard InChI is InChI=1S/C16H16O6/c1-20-14(19)9-13(18)16-15(12(17)7-8-21-16)22-10-11-5-3-2-4-6-11/h2-8,12,17H,9-10H2,1H3. The molecule has 116 valence electrons. The molecule has 0 amide bonds. The van der Waals surface area contributed by atoms with Gasteiger partial charge in [0, 0.05) is 0 Å². The lowest BCUT2D eigenvalue weighted by atomic mass is 10.1. The number of ketones is 1. The summed E-state index contributed by atoms with van der Waals surface area (Å²) in [7, 11) is 1.19. The van der Waals surface area contributed by atoms with E-state index in [-0.39, 0.29) is 18.1 Å². The van der Waals surface area contributed by atoms with Gasteiger partial charge >= 0.3 is 5.97 Å². The predicted molar refractivity (Wildman–Crippen MR) is 76.1 cm³/mol. The number of hydrogen-bond acceptors (Lipinski definition) is 6. The zero-order chi connectivity index (χ0) is 15.9. The van der Waals surface area contributed by atoms with Crippen LogP contribution in [0.25, 0.3) is 0 Å². The highest BCUT2D eigenvalue weighted by Crippen LogP contribution is 2.22. The Morgan fingerprint density at radius 2 is 2.00 bits per heavy atom. The lowest BCUT2D eigenvalue weighted by molar-refractivity contribution is -0.143. The fourth-order valence-electron chi connectivity index (χ4n) is 1.83. The number of rotatable bonds is 6. The van der Waals surface area contributed by atoms with Crippen LogP contribution in [0.3, 0.4) is 0 Å². The van der Waals surface area contributed by atoms with Gasteiger partial charge in [-0.15, -0.1) is 0 Å². The molecule has 0 radical (unpaired) electrons. The average Bonchev–Trinajstić information content (AvgIpc) is 2.54. The van der Waals surface area contributed by atoms with Gasteiger partial charge in [-0.2, -0.15) is 0 Å². The van der Waals surface area contributed by atoms with Crippen molar-refractivity contribution in [3.63, 3.8) is 0 Å². The monoisotopic (exact) mass is 304 g/mol. The van der Waals surface area contributed by atoms with Crippen molar-refractivity contribution in [3.8, 4) is 0 Å². The van der Waals surface area contributed by atoms with E-state index in [2.05, 4.69) is 4.74 Å². The van der Waals surface area contributed by atoms with Crippen molar-refractivity contribution < 1.29 is 28.9 Å². The Morgan fingerprint density at radius 3 is 2.68 bits per heavy atom. The van der Waals surface area contributed by atoms with Crippen molar-refractivity contribution in [2.75, 3.05) is 7.11 Å². The Labute approximate surface area is 127 Å². The molecule has 0 saturated heterocycles. The number of esters is 1. The van der Waals surface area contributed by atoms with Crippen molar-refractivity contribution in [1.82, 2.24) is 0 Å². The number of Topliss-reactive ketones (excluding diaryl/α,β-unsaturated/α-hetero) is 1. The molecule has 1 aromatic rings. The average molecular weight is 304 g/mol. The van der Waals surface area contributed by atoms with E-state index in [0.29, 0.717) is 0 Å². The summed E-state index contributed by atoms with van der Waals surface area (Å²) in [5.74, 6) is -1.50. The molecule has 1 unspecified atom stereocenters. The van der Waals surface area contributed by atoms with Crippen molar-refractivity contribution >= 4 is 11.8 Å². The molecule has 0 aromatic heterocycles. The van der Waals surface area contributed by atoms with Crippen LogP contribution in [0, 0.1) is 0 Å². The summed E-state index contributed by atoms with van der Waals surface area (Å²) in [5, 5.41) is 9.94. The van der Waals surface area contributed by atoms with Gasteiger partial charge in [0.2, 0.25) is 11.5 Å². The first-order valence-electron chi connectivity index (χ1n) is 6.64. The minimum Gasteiger partial charge on any atom is -0.486 e. The van der Waals surface area contributed by atoms with Crippen LogP contribution in [-0.4, -0.2) is 30.1 Å². The van der Waals surface area contributed by atoms with Gasteiger partial charge < -0.3 is 19.3 Å². The lowest BCUT2D eigenvalue weighted by Gasteiger charge is -2.20. The van der Waals surface area contributed by atoms with E-state index in [1.807, 2.05) is 30.3 Å². The number of hydrogen-bond donors (Lipinski definition) is 1. The van der Waals surface area contributed by atoms with E-state index < -0.39 is 24.3 Å². The molecule has 1 aromatic carbocycles. The molecular weight excluding hydrogens is 288 g/mol. The van der Waals surface area contributed by atoms with E-state index in [0.717, 1.165) is 5.56 Å². The van der Waals surface area contributed by atoms with Crippen LogP contribution in [0.2, 0.25) is 0 Å². The van der Waals surface area contributed by atoms with Gasteiger partial charge in [0.05, 0.1) is 13.4 Å². The van der Waals surface area contributed by atoms with Crippen LogP contribution in [0.1, 0.15) is 12.0 Å². The van der Waals surface area contributed by atoms with Crippen molar-refractivity contribution in [1.29, 1.82) is 0 Å². The summed E-state index contributed by atoms with van der Waals surface area (Å²) in [6.07, 6.45) is 0.943. The molecule has 1 aliphatic rings. The number of carbonyl (C=O) groups excluding carboxylic acids is 2. The molecule has 1 aliphatic heterocycles. The summed E-state index contributed by atoms with van der Waals surface area (Å²) < 4.78 is 15.1. The van der Waals surface area contributed by atoms with Crippen molar-refractivity contribution in [2.24, 2.45) is 0 Å². The number of aliphatic hydroxyl groups excluding tert-OH is 1. The molecule has 0 aliphatic carbocycles. The maximum absolute atomic E-state index is 12.0. The predicted octanol–water partition coefficient (Wildman–Crippen LogP) is 1.45. The largest absolute Gasteiger partial charge is 0.486 e. The van der Waals surface area contributed by atoms with Gasteiger partial charge in [-0.05, 0) is 11.6 Å². The number of benzene rings is 1. The van der Waals surface area contributed by atoms with E-state index in [1.165, 1.54) is 19.4 Å². The second-order valence-electron chi connectivity index (χ2n) is 4.53. The van der Waals surface area contributed by atoms with Crippen molar-refractivity contribution in [2.45, 2.75) is 19.1 Å². The summed E-state index contributed by atoms with van der Waals surface area (Å²) in [6.45, 7) is 0.166. The first-order valence-corrected chi connectivity index (χ1v) is 6.64. The third kappa shape index (κ3) is 3.95. The Bertz CT molecular complexity index is 602. The molecule has 0 spiro atoms. The minimum atomic E-state index is -1.10. The summed E-state index contributed by atoms with van der Waals surface area (Å²) in [4.78, 5) is 23.2. The molecule has 6 heteroatoms. The fraction of sp³-hybridized carbons (Fsp3) is 0.250. The molecule has 1 atom stereocenters. The molecule has 1 heterocycles. The second-order valence-corrected chi connectivity index (χ2v) is 4.53. The van der Waals surface area contributed by atoms with Crippen LogP contribution in [-0.2, 0) is 30.4 Å². The van der Waals surface area contributed by atoms with Crippen LogP contribution < -0.4 is 0 Å². The van der Waals surface area contributed by atoms with E-state index >= 15 is 0 Å². The Morgan fingerprint density at radius 1 is 1.27 bits per heavy atom. The van der Waals surface area contributed by atoms with Gasteiger partial charge in [-0.1, -0.05) is 30.3 Å². The third-order valence-corrected chi connectivity index (χ3v) is 2.96. The fourth-order valence-corrected chi connectivity index (χ4v) is 1.83. The Balaban J connectivity index is 2.13. The van der Waals surface area contributed by atoms with Gasteiger partial charge in [0.15, 0.2) is 5.76 Å². The number of ether oxygens (including phenoxy) is 3. The highest BCUT2D eigenvalue weighted by molar-refractivity contribution is 6.04. The summed E-state index contributed by atoms with van der Waals surface area (Å²) in [6, 6.07) is 9.27. The minimum absolute atomic E-state index is 0.0137. The normalized spacial score (nSPS) is 16.9. The quantitative estimate of drug-likeness (QED) is 0.633. The first kappa shape index (κ1) is 15.8. The van der Waals surface area contributed by atoms with E-state index in [9.17, 15) is 14.7 Å². The molecule has 0 fully saturated rings. The third-order valence-electron chi connectivity index (χ3n) is 2.96. The zero-order valence-corrected chi connectivity index (χ0v) is 12.0. The SMILES string of the molecule is COC(=O)CC(=O)C1=C(OCc2ccccc2)C(O)C=CO1. The van der Waals surface area contributed by atoms with Crippen LogP contribution in [0.15, 0.2) is 54.2 Å². The maximum Gasteiger partial charge on any atom is 0.313 e. The Kier molecular flexibility index (Phi) is 5.32. The molecular formula is C16H16O6. The lowest BCUT2D eigenvalue weighted by Crippen LogP contribution is -2.23. The number of carbonyl (C=O) groups is 2. The first-order chi connectivity index (χ1) is 10.6. The number of allylic oxidation sites excluding steroid dienone is 1. The Hall–Kier alpha value is -2.60. The molecule has 0 bridgehead atoms. The number of methoxy groups -OCH3 is 1. The second kappa shape index (κ2) is 7.42. The van der Waals surface area contributed by atoms with Gasteiger partial charge in [0.1, 0.15) is 19.1 Å². The molecule has 22 heavy (non-hydrogen) atoms. The van der Waals surface area contributed by atoms with E-state index in [4.69, 9.17) is 9.47 Å². The smallest absolute Gasteiger partial charge is 0.313 e.